The molecule has 2 N–H and O–H groups in total. The predicted octanol–water partition coefficient (Wildman–Crippen LogP) is 13.3. The number of rotatable bonds is 20. The largest absolute Gasteiger partial charge is 0.507 e. The van der Waals surface area contributed by atoms with Crippen molar-refractivity contribution in [2.24, 2.45) is 0 Å². The Morgan fingerprint density at radius 3 is 1.40 bits per heavy atom. The lowest BCUT2D eigenvalue weighted by atomic mass is 9.84. The third-order valence-corrected chi connectivity index (χ3v) is 17.3. The lowest BCUT2D eigenvalue weighted by molar-refractivity contribution is 0.476. The quantitative estimate of drug-likeness (QED) is 0.0721. The van der Waals surface area contributed by atoms with E-state index >= 15 is 0 Å². The monoisotopic (exact) mass is 680 g/mol. The minimum atomic E-state index is -1.56. The Morgan fingerprint density at radius 2 is 0.938 bits per heavy atom. The molecule has 258 valence electrons. The molecule has 3 nitrogen and oxygen atoms in total. The highest BCUT2D eigenvalue weighted by Crippen LogP contribution is 2.39. The summed E-state index contributed by atoms with van der Waals surface area (Å²) in [6.45, 7) is 12.0. The van der Waals surface area contributed by atoms with Gasteiger partial charge in [0.25, 0.3) is 0 Å². The van der Waals surface area contributed by atoms with Crippen LogP contribution in [0.1, 0.15) is 94.6 Å². The predicted molar refractivity (Wildman–Crippen MR) is 211 cm³/mol. The van der Waals surface area contributed by atoms with Crippen LogP contribution in [0.4, 0.5) is 0 Å². The zero-order valence-electron chi connectivity index (χ0n) is 30.3. The van der Waals surface area contributed by atoms with Gasteiger partial charge in [-0.05, 0) is 91.2 Å². The molecule has 0 atom stereocenters. The molecule has 48 heavy (non-hydrogen) atoms. The summed E-state index contributed by atoms with van der Waals surface area (Å²) in [7, 11) is -3.07. The molecule has 0 heterocycles. The van der Waals surface area contributed by atoms with E-state index in [0.717, 1.165) is 35.1 Å². The first kappa shape index (κ1) is 37.7. The average Bonchev–Trinajstić information content (AvgIpc) is 3.07. The van der Waals surface area contributed by atoms with Gasteiger partial charge < -0.3 is 14.3 Å². The second-order valence-corrected chi connectivity index (χ2v) is 23.8. The van der Waals surface area contributed by atoms with Gasteiger partial charge in [-0.25, -0.2) is 0 Å². The van der Waals surface area contributed by atoms with E-state index in [2.05, 4.69) is 81.6 Å². The summed E-state index contributed by atoms with van der Waals surface area (Å²) in [6, 6.07) is 35.0. The Labute approximate surface area is 293 Å². The van der Waals surface area contributed by atoms with Crippen LogP contribution in [0.25, 0.3) is 22.3 Å². The number of aromatic hydroxyl groups is 2. The molecular formula is C43H60O3Si2. The fraction of sp³-hybridized carbons (Fsp3) is 0.442. The van der Waals surface area contributed by atoms with Crippen molar-refractivity contribution in [3.63, 3.8) is 0 Å². The Kier molecular flexibility index (Phi) is 14.6. The summed E-state index contributed by atoms with van der Waals surface area (Å²) < 4.78 is 6.81. The van der Waals surface area contributed by atoms with E-state index in [-0.39, 0.29) is 5.92 Å². The summed E-state index contributed by atoms with van der Waals surface area (Å²) in [6.07, 6.45) is 13.8. The molecule has 0 bridgehead atoms. The highest BCUT2D eigenvalue weighted by Gasteiger charge is 2.32. The maximum atomic E-state index is 10.8. The summed E-state index contributed by atoms with van der Waals surface area (Å²) in [4.78, 5) is 0. The van der Waals surface area contributed by atoms with E-state index in [1.807, 2.05) is 48.5 Å². The van der Waals surface area contributed by atoms with Crippen molar-refractivity contribution in [1.29, 1.82) is 0 Å². The van der Waals surface area contributed by atoms with Crippen molar-refractivity contribution in [1.82, 2.24) is 0 Å². The summed E-state index contributed by atoms with van der Waals surface area (Å²) in [5.74, 6) is 0.770. The zero-order chi connectivity index (χ0) is 34.4. The molecule has 0 aliphatic rings. The topological polar surface area (TPSA) is 49.7 Å². The number of phenolic OH excluding ortho intramolecular Hbond substituents is 2. The van der Waals surface area contributed by atoms with Crippen LogP contribution in [0.15, 0.2) is 97.1 Å². The van der Waals surface area contributed by atoms with Crippen LogP contribution in [0.2, 0.25) is 38.3 Å². The van der Waals surface area contributed by atoms with Crippen molar-refractivity contribution in [3.8, 4) is 33.8 Å². The van der Waals surface area contributed by atoms with Gasteiger partial charge in [0.2, 0.25) is 0 Å². The van der Waals surface area contributed by atoms with Gasteiger partial charge in [0, 0.05) is 17.0 Å². The minimum Gasteiger partial charge on any atom is -0.507 e. The lowest BCUT2D eigenvalue weighted by Crippen LogP contribution is -2.44. The van der Waals surface area contributed by atoms with Gasteiger partial charge in [0.15, 0.2) is 16.6 Å². The first-order valence-electron chi connectivity index (χ1n) is 18.6. The van der Waals surface area contributed by atoms with E-state index in [1.54, 1.807) is 0 Å². The maximum absolute atomic E-state index is 10.8. The summed E-state index contributed by atoms with van der Waals surface area (Å²) >= 11 is 0. The van der Waals surface area contributed by atoms with Crippen LogP contribution in [0, 0.1) is 0 Å². The fourth-order valence-corrected chi connectivity index (χ4v) is 16.3. The molecule has 0 aliphatic carbocycles. The number of hydrogen-bond acceptors (Lipinski definition) is 3. The first-order chi connectivity index (χ1) is 23.1. The van der Waals surface area contributed by atoms with Crippen LogP contribution < -0.4 is 0 Å². The van der Waals surface area contributed by atoms with Gasteiger partial charge >= 0.3 is 0 Å². The Bertz CT molecular complexity index is 1430. The Balaban J connectivity index is 1.33. The fourth-order valence-electron chi connectivity index (χ4n) is 7.18. The van der Waals surface area contributed by atoms with Gasteiger partial charge in [-0.1, -0.05) is 144 Å². The molecule has 4 aromatic rings. The molecule has 0 unspecified atom stereocenters. The van der Waals surface area contributed by atoms with E-state index in [1.165, 1.54) is 81.0 Å². The zero-order valence-corrected chi connectivity index (χ0v) is 32.3. The van der Waals surface area contributed by atoms with Crippen molar-refractivity contribution in [2.45, 2.75) is 122 Å². The number of hydrogen-bond donors (Lipinski definition) is 2. The molecule has 4 aromatic carbocycles. The lowest BCUT2D eigenvalue weighted by Gasteiger charge is -2.34. The molecule has 0 aliphatic heterocycles. The molecule has 0 saturated heterocycles. The normalized spacial score (nSPS) is 12.1. The van der Waals surface area contributed by atoms with Crippen molar-refractivity contribution in [2.75, 3.05) is 0 Å². The van der Waals surface area contributed by atoms with E-state index in [0.29, 0.717) is 11.5 Å². The molecular weight excluding hydrogens is 621 g/mol. The third-order valence-electron chi connectivity index (χ3n) is 9.72. The summed E-state index contributed by atoms with van der Waals surface area (Å²) in [5, 5.41) is 21.6. The molecule has 0 spiro atoms. The molecule has 4 rings (SSSR count). The SMILES string of the molecule is CCCC[Si](C)(C)O[Si](C)(C)CCCCCCCCCCC(c1ccc(O)c(-c2ccccc2)c1)c1ccc(O)c(-c2ccccc2)c1. The van der Waals surface area contributed by atoms with Crippen molar-refractivity contribution in [3.05, 3.63) is 108 Å². The van der Waals surface area contributed by atoms with Crippen molar-refractivity contribution >= 4 is 16.6 Å². The van der Waals surface area contributed by atoms with Gasteiger partial charge in [0.05, 0.1) is 0 Å². The van der Waals surface area contributed by atoms with Crippen LogP contribution >= 0.6 is 0 Å². The molecule has 0 fully saturated rings. The minimum absolute atomic E-state index is 0.167. The highest BCUT2D eigenvalue weighted by molar-refractivity contribution is 6.84. The second kappa shape index (κ2) is 18.6. The Hall–Kier alpha value is -3.13. The molecule has 5 heteroatoms. The van der Waals surface area contributed by atoms with Crippen LogP contribution in [0.5, 0.6) is 11.5 Å². The van der Waals surface area contributed by atoms with Crippen LogP contribution in [0.3, 0.4) is 0 Å². The van der Waals surface area contributed by atoms with Crippen LogP contribution in [-0.2, 0) is 4.12 Å². The molecule has 0 saturated carbocycles. The van der Waals surface area contributed by atoms with Gasteiger partial charge in [-0.15, -0.1) is 0 Å². The van der Waals surface area contributed by atoms with Crippen molar-refractivity contribution < 1.29 is 14.3 Å². The van der Waals surface area contributed by atoms with E-state index in [9.17, 15) is 10.2 Å². The standard InChI is InChI=1S/C43H60O3Si2/c1-6-7-31-47(2,3)46-48(4,5)32-21-13-11-9-8-10-12-20-26-39(37-27-29-42(44)40(33-37)35-22-16-14-17-23-35)38-28-30-43(45)41(34-38)36-24-18-15-19-25-36/h14-19,22-25,27-30,33-34,39,44-45H,6-13,20-21,26,31-32H2,1-5H3. The first-order valence-corrected chi connectivity index (χ1v) is 24.8. The smallest absolute Gasteiger partial charge is 0.173 e. The summed E-state index contributed by atoms with van der Waals surface area (Å²) in [5.41, 5.74) is 6.15. The van der Waals surface area contributed by atoms with Gasteiger partial charge in [-0.3, -0.25) is 0 Å². The van der Waals surface area contributed by atoms with Gasteiger partial charge in [-0.2, -0.15) is 0 Å². The molecule has 0 amide bonds. The molecule has 0 aromatic heterocycles. The Morgan fingerprint density at radius 1 is 0.521 bits per heavy atom. The second-order valence-electron chi connectivity index (χ2n) is 14.9. The number of benzene rings is 4. The number of unbranched alkanes of at least 4 members (excludes halogenated alkanes) is 8. The average molecular weight is 681 g/mol. The number of phenols is 2. The van der Waals surface area contributed by atoms with E-state index < -0.39 is 16.6 Å². The highest BCUT2D eigenvalue weighted by atomic mass is 28.4. The third kappa shape index (κ3) is 11.8. The van der Waals surface area contributed by atoms with E-state index in [4.69, 9.17) is 4.12 Å². The maximum Gasteiger partial charge on any atom is 0.173 e. The van der Waals surface area contributed by atoms with Gasteiger partial charge in [0.1, 0.15) is 11.5 Å². The molecule has 0 radical (unpaired) electrons. The van der Waals surface area contributed by atoms with Crippen LogP contribution in [-0.4, -0.2) is 26.8 Å².